The molecule has 0 spiro atoms. The highest BCUT2D eigenvalue weighted by molar-refractivity contribution is 9.10. The normalized spacial score (nSPS) is 10.4. The second-order valence-electron chi connectivity index (χ2n) is 3.96. The summed E-state index contributed by atoms with van der Waals surface area (Å²) in [6.07, 6.45) is 0. The Bertz CT molecular complexity index is 621. The summed E-state index contributed by atoms with van der Waals surface area (Å²) in [7, 11) is 0. The van der Waals surface area contributed by atoms with E-state index in [0.717, 1.165) is 5.56 Å². The van der Waals surface area contributed by atoms with Crippen LogP contribution in [-0.4, -0.2) is 5.24 Å². The average molecular weight is 378 g/mol. The summed E-state index contributed by atoms with van der Waals surface area (Å²) >= 11 is 14.7. The molecule has 0 heterocycles. The highest BCUT2D eigenvalue weighted by Gasteiger charge is 2.12. The van der Waals surface area contributed by atoms with Crippen LogP contribution in [0.15, 0.2) is 40.9 Å². The van der Waals surface area contributed by atoms with Crippen LogP contribution in [0.3, 0.4) is 0 Å². The highest BCUT2D eigenvalue weighted by atomic mass is 79.9. The number of ether oxygens (including phenoxy) is 1. The molecule has 2 aromatic rings. The highest BCUT2D eigenvalue weighted by Crippen LogP contribution is 2.35. The Balaban J connectivity index is 2.17. The van der Waals surface area contributed by atoms with Crippen LogP contribution in [0.5, 0.6) is 5.75 Å². The molecular formula is C14H8BrCl2FO2. The Morgan fingerprint density at radius 3 is 2.45 bits per heavy atom. The standard InChI is InChI=1S/C14H8BrCl2FO2/c15-11-5-9(14(17)19)6-12(16)13(11)20-7-8-1-3-10(18)4-2-8/h1-6H,7H2. The molecule has 0 amide bonds. The molecular weight excluding hydrogens is 370 g/mol. The van der Waals surface area contributed by atoms with Crippen molar-refractivity contribution in [1.82, 2.24) is 0 Å². The Hall–Kier alpha value is -1.10. The van der Waals surface area contributed by atoms with Gasteiger partial charge in [0.15, 0.2) is 5.75 Å². The third kappa shape index (κ3) is 3.72. The third-order valence-electron chi connectivity index (χ3n) is 2.52. The molecule has 20 heavy (non-hydrogen) atoms. The molecule has 2 aromatic carbocycles. The molecule has 0 saturated carbocycles. The van der Waals surface area contributed by atoms with E-state index in [2.05, 4.69) is 15.9 Å². The van der Waals surface area contributed by atoms with Crippen LogP contribution in [0.25, 0.3) is 0 Å². The Morgan fingerprint density at radius 2 is 1.90 bits per heavy atom. The van der Waals surface area contributed by atoms with E-state index < -0.39 is 5.24 Å². The van der Waals surface area contributed by atoms with Crippen LogP contribution in [0.1, 0.15) is 15.9 Å². The lowest BCUT2D eigenvalue weighted by Crippen LogP contribution is -1.98. The Morgan fingerprint density at radius 1 is 1.25 bits per heavy atom. The van der Waals surface area contributed by atoms with E-state index in [1.165, 1.54) is 24.3 Å². The first-order chi connectivity index (χ1) is 9.47. The van der Waals surface area contributed by atoms with Gasteiger partial charge in [0.2, 0.25) is 0 Å². The van der Waals surface area contributed by atoms with Crippen molar-refractivity contribution in [1.29, 1.82) is 0 Å². The number of carbonyl (C=O) groups excluding carboxylic acids is 1. The van der Waals surface area contributed by atoms with Gasteiger partial charge in [-0.05, 0) is 57.4 Å². The summed E-state index contributed by atoms with van der Waals surface area (Å²) in [6, 6.07) is 8.90. The first-order valence-electron chi connectivity index (χ1n) is 5.53. The number of halogens is 4. The predicted molar refractivity (Wildman–Crippen MR) is 80.1 cm³/mol. The lowest BCUT2D eigenvalue weighted by molar-refractivity contribution is 0.108. The Labute approximate surface area is 133 Å². The van der Waals surface area contributed by atoms with Gasteiger partial charge >= 0.3 is 0 Å². The zero-order valence-electron chi connectivity index (χ0n) is 10.00. The molecule has 0 atom stereocenters. The van der Waals surface area contributed by atoms with Crippen molar-refractivity contribution in [3.05, 3.63) is 62.8 Å². The minimum absolute atomic E-state index is 0.229. The van der Waals surface area contributed by atoms with Gasteiger partial charge in [-0.25, -0.2) is 4.39 Å². The zero-order chi connectivity index (χ0) is 14.7. The van der Waals surface area contributed by atoms with Gasteiger partial charge in [0, 0.05) is 5.56 Å². The maximum absolute atomic E-state index is 12.8. The van der Waals surface area contributed by atoms with Crippen molar-refractivity contribution < 1.29 is 13.9 Å². The van der Waals surface area contributed by atoms with Gasteiger partial charge in [0.05, 0.1) is 9.50 Å². The van der Waals surface area contributed by atoms with Crippen LogP contribution < -0.4 is 4.74 Å². The fourth-order valence-electron chi connectivity index (χ4n) is 1.55. The van der Waals surface area contributed by atoms with Gasteiger partial charge < -0.3 is 4.74 Å². The van der Waals surface area contributed by atoms with Gasteiger partial charge in [-0.2, -0.15) is 0 Å². The van der Waals surface area contributed by atoms with Gasteiger partial charge in [-0.1, -0.05) is 23.7 Å². The summed E-state index contributed by atoms with van der Waals surface area (Å²) in [5.41, 5.74) is 1.07. The summed E-state index contributed by atoms with van der Waals surface area (Å²) in [5.74, 6) is 0.0931. The lowest BCUT2D eigenvalue weighted by atomic mass is 10.2. The molecule has 0 fully saturated rings. The summed E-state index contributed by atoms with van der Waals surface area (Å²) in [6.45, 7) is 0.229. The number of benzene rings is 2. The van der Waals surface area contributed by atoms with Crippen LogP contribution >= 0.6 is 39.1 Å². The molecule has 0 aliphatic heterocycles. The van der Waals surface area contributed by atoms with E-state index in [9.17, 15) is 9.18 Å². The van der Waals surface area contributed by atoms with E-state index in [0.29, 0.717) is 10.2 Å². The van der Waals surface area contributed by atoms with Gasteiger partial charge in [-0.3, -0.25) is 4.79 Å². The molecule has 0 aliphatic carbocycles. The summed E-state index contributed by atoms with van der Waals surface area (Å²) in [4.78, 5) is 11.1. The van der Waals surface area contributed by atoms with Gasteiger partial charge in [0.25, 0.3) is 5.24 Å². The number of carbonyl (C=O) groups is 1. The zero-order valence-corrected chi connectivity index (χ0v) is 13.1. The second kappa shape index (κ2) is 6.57. The van der Waals surface area contributed by atoms with E-state index >= 15 is 0 Å². The Kier molecular flexibility index (Phi) is 5.02. The second-order valence-corrected chi connectivity index (χ2v) is 5.56. The van der Waals surface area contributed by atoms with Crippen molar-refractivity contribution in [2.75, 3.05) is 0 Å². The van der Waals surface area contributed by atoms with E-state index in [-0.39, 0.29) is 23.0 Å². The molecule has 0 aromatic heterocycles. The number of rotatable bonds is 4. The monoisotopic (exact) mass is 376 g/mol. The minimum atomic E-state index is -0.599. The number of hydrogen-bond donors (Lipinski definition) is 0. The third-order valence-corrected chi connectivity index (χ3v) is 3.61. The molecule has 0 radical (unpaired) electrons. The van der Waals surface area contributed by atoms with E-state index in [4.69, 9.17) is 27.9 Å². The maximum Gasteiger partial charge on any atom is 0.252 e. The van der Waals surface area contributed by atoms with Crippen LogP contribution in [0.4, 0.5) is 4.39 Å². The van der Waals surface area contributed by atoms with Crippen molar-refractivity contribution >= 4 is 44.4 Å². The van der Waals surface area contributed by atoms with Crippen LogP contribution in [0.2, 0.25) is 5.02 Å². The van der Waals surface area contributed by atoms with Gasteiger partial charge in [-0.15, -0.1) is 0 Å². The molecule has 0 N–H and O–H groups in total. The van der Waals surface area contributed by atoms with E-state index in [1.54, 1.807) is 12.1 Å². The fourth-order valence-corrected chi connectivity index (χ4v) is 2.62. The molecule has 0 aliphatic rings. The van der Waals surface area contributed by atoms with Crippen molar-refractivity contribution in [3.63, 3.8) is 0 Å². The lowest BCUT2D eigenvalue weighted by Gasteiger charge is -2.11. The summed E-state index contributed by atoms with van der Waals surface area (Å²) in [5, 5.41) is -0.330. The summed E-state index contributed by atoms with van der Waals surface area (Å²) < 4.78 is 18.9. The van der Waals surface area contributed by atoms with Crippen molar-refractivity contribution in [2.24, 2.45) is 0 Å². The predicted octanol–water partition coefficient (Wildman–Crippen LogP) is 5.20. The largest absolute Gasteiger partial charge is 0.486 e. The van der Waals surface area contributed by atoms with E-state index in [1.807, 2.05) is 0 Å². The van der Waals surface area contributed by atoms with Crippen molar-refractivity contribution in [2.45, 2.75) is 6.61 Å². The molecule has 2 nitrogen and oxygen atoms in total. The SMILES string of the molecule is O=C(Cl)c1cc(Cl)c(OCc2ccc(F)cc2)c(Br)c1. The molecule has 2 rings (SSSR count). The average Bonchev–Trinajstić information content (AvgIpc) is 2.39. The molecule has 0 saturated heterocycles. The topological polar surface area (TPSA) is 26.3 Å². The first-order valence-corrected chi connectivity index (χ1v) is 7.08. The maximum atomic E-state index is 12.8. The molecule has 0 bridgehead atoms. The first kappa shape index (κ1) is 15.3. The minimum Gasteiger partial charge on any atom is -0.486 e. The van der Waals surface area contributed by atoms with Gasteiger partial charge in [0.1, 0.15) is 12.4 Å². The van der Waals surface area contributed by atoms with Crippen LogP contribution in [-0.2, 0) is 6.61 Å². The quantitative estimate of drug-likeness (QED) is 0.684. The molecule has 6 heteroatoms. The molecule has 0 unspecified atom stereocenters. The fraction of sp³-hybridized carbons (Fsp3) is 0.0714. The molecule has 104 valence electrons. The van der Waals surface area contributed by atoms with Crippen molar-refractivity contribution in [3.8, 4) is 5.75 Å². The smallest absolute Gasteiger partial charge is 0.252 e. The number of hydrogen-bond acceptors (Lipinski definition) is 2. The van der Waals surface area contributed by atoms with Crippen LogP contribution in [0, 0.1) is 5.82 Å².